The molecule has 0 spiro atoms. The molecule has 2 bridgehead atoms. The summed E-state index contributed by atoms with van der Waals surface area (Å²) in [5, 5.41) is -0.501. The fourth-order valence-electron chi connectivity index (χ4n) is 6.43. The SMILES string of the molecule is [2H]C([2H])(Oc1nc(N2C[C@H]3CC[C@@H](C2)N3C(=O)OC(C)(C)C)c2c(Cl)nc(Cl)c(F)c2n1)[C@@]12CCCN1C[C@H](F)C2. The van der Waals surface area contributed by atoms with Crippen LogP contribution in [0.4, 0.5) is 19.4 Å². The number of rotatable bonds is 4. The van der Waals surface area contributed by atoms with Gasteiger partial charge in [0, 0.05) is 26.1 Å². The number of carbonyl (C=O) groups excluding carboxylic acids is 1. The van der Waals surface area contributed by atoms with Crippen molar-refractivity contribution in [3.63, 3.8) is 0 Å². The van der Waals surface area contributed by atoms with Crippen LogP contribution in [-0.2, 0) is 4.74 Å². The van der Waals surface area contributed by atoms with Gasteiger partial charge in [-0.15, -0.1) is 0 Å². The number of ether oxygens (including phenoxy) is 2. The maximum absolute atomic E-state index is 15.4. The molecule has 0 aromatic carbocycles. The minimum Gasteiger partial charge on any atom is -0.461 e. The second-order valence-corrected chi connectivity index (χ2v) is 12.5. The Labute approximate surface area is 238 Å². The third-order valence-electron chi connectivity index (χ3n) is 7.98. The van der Waals surface area contributed by atoms with Gasteiger partial charge in [-0.05, 0) is 53.0 Å². The summed E-state index contributed by atoms with van der Waals surface area (Å²) in [7, 11) is 0. The molecule has 9 nitrogen and oxygen atoms in total. The molecular weight excluding hydrogens is 553 g/mol. The van der Waals surface area contributed by atoms with Crippen LogP contribution in [0, 0.1) is 5.82 Å². The maximum Gasteiger partial charge on any atom is 0.410 e. The Morgan fingerprint density at radius 3 is 2.56 bits per heavy atom. The zero-order valence-corrected chi connectivity index (χ0v) is 23.5. The van der Waals surface area contributed by atoms with E-state index in [2.05, 4.69) is 15.0 Å². The number of alkyl halides is 1. The van der Waals surface area contributed by atoms with Crippen molar-refractivity contribution in [1.29, 1.82) is 0 Å². The van der Waals surface area contributed by atoms with Gasteiger partial charge in [0.1, 0.15) is 34.8 Å². The molecule has 0 unspecified atom stereocenters. The number of nitrogens with zero attached hydrogens (tertiary/aromatic N) is 6. The zero-order valence-electron chi connectivity index (χ0n) is 24.0. The van der Waals surface area contributed by atoms with Crippen molar-refractivity contribution in [3.8, 4) is 6.01 Å². The molecule has 0 N–H and O–H groups in total. The molecule has 4 fully saturated rings. The molecule has 13 heteroatoms. The van der Waals surface area contributed by atoms with Crippen molar-refractivity contribution < 1.29 is 25.8 Å². The fraction of sp³-hybridized carbons (Fsp3) is 0.692. The number of aromatic nitrogens is 3. The summed E-state index contributed by atoms with van der Waals surface area (Å²) in [6.07, 6.45) is 0.999. The average Bonchev–Trinajstić information content (AvgIpc) is 3.49. The van der Waals surface area contributed by atoms with Crippen LogP contribution in [0.5, 0.6) is 6.01 Å². The number of hydrogen-bond acceptors (Lipinski definition) is 8. The van der Waals surface area contributed by atoms with Gasteiger partial charge in [0.15, 0.2) is 11.0 Å². The van der Waals surface area contributed by atoms with Crippen molar-refractivity contribution in [2.24, 2.45) is 0 Å². The predicted molar refractivity (Wildman–Crippen MR) is 143 cm³/mol. The maximum atomic E-state index is 15.4. The molecule has 0 radical (unpaired) electrons. The molecule has 4 atom stereocenters. The standard InChI is InChI=1S/C26H32Cl2F2N6O3/c1-25(2,3)39-24(37)36-15-5-6-16(36)12-34(11-15)22-17-19(18(30)21(28)32-20(17)27)31-23(33-22)38-13-26-7-4-8-35(26)10-14(29)9-26/h14-16H,4-13H2,1-3H3/t14-,15-,16+,26+/m1/s1/i13D2. The second kappa shape index (κ2) is 9.69. The first-order valence-corrected chi connectivity index (χ1v) is 14.0. The lowest BCUT2D eigenvalue weighted by molar-refractivity contribution is 0.0122. The van der Waals surface area contributed by atoms with Crippen LogP contribution in [0.15, 0.2) is 0 Å². The highest BCUT2D eigenvalue weighted by Gasteiger charge is 2.50. The van der Waals surface area contributed by atoms with Gasteiger partial charge in [-0.2, -0.15) is 9.97 Å². The topological polar surface area (TPSA) is 83.9 Å². The lowest BCUT2D eigenvalue weighted by atomic mass is 9.95. The van der Waals surface area contributed by atoms with Crippen molar-refractivity contribution in [3.05, 3.63) is 16.1 Å². The van der Waals surface area contributed by atoms with Crippen LogP contribution >= 0.6 is 23.2 Å². The molecule has 6 rings (SSSR count). The smallest absolute Gasteiger partial charge is 0.410 e. The predicted octanol–water partition coefficient (Wildman–Crippen LogP) is 5.01. The van der Waals surface area contributed by atoms with E-state index in [0.717, 1.165) is 12.8 Å². The van der Waals surface area contributed by atoms with Crippen LogP contribution in [0.1, 0.15) is 55.6 Å². The highest BCUT2D eigenvalue weighted by molar-refractivity contribution is 6.37. The van der Waals surface area contributed by atoms with Gasteiger partial charge in [0.2, 0.25) is 0 Å². The second-order valence-electron chi connectivity index (χ2n) is 11.8. The first-order chi connectivity index (χ1) is 19.2. The van der Waals surface area contributed by atoms with Crippen molar-refractivity contribution in [2.45, 2.75) is 82.3 Å². The normalized spacial score (nSPS) is 30.0. The van der Waals surface area contributed by atoms with E-state index in [9.17, 15) is 9.18 Å². The Hall–Kier alpha value is -2.24. The molecule has 2 aromatic heterocycles. The number of pyridine rings is 1. The minimum absolute atomic E-state index is 0.0215. The summed E-state index contributed by atoms with van der Waals surface area (Å²) < 4.78 is 59.0. The number of hydrogen-bond donors (Lipinski definition) is 0. The molecule has 0 aliphatic carbocycles. The van der Waals surface area contributed by atoms with Crippen LogP contribution in [0.2, 0.25) is 10.3 Å². The molecule has 1 amide bonds. The summed E-state index contributed by atoms with van der Waals surface area (Å²) in [5.41, 5.74) is -2.09. The van der Waals surface area contributed by atoms with Crippen molar-refractivity contribution in [1.82, 2.24) is 24.8 Å². The highest BCUT2D eigenvalue weighted by Crippen LogP contribution is 2.42. The van der Waals surface area contributed by atoms with Crippen LogP contribution in [0.3, 0.4) is 0 Å². The first kappa shape index (κ1) is 24.5. The Morgan fingerprint density at radius 2 is 1.87 bits per heavy atom. The quantitative estimate of drug-likeness (QED) is 0.462. The lowest BCUT2D eigenvalue weighted by Crippen LogP contribution is -2.57. The Morgan fingerprint density at radius 1 is 1.15 bits per heavy atom. The number of halogens is 4. The van der Waals surface area contributed by atoms with E-state index in [1.165, 1.54) is 0 Å². The lowest BCUT2D eigenvalue weighted by Gasteiger charge is -2.42. The van der Waals surface area contributed by atoms with Crippen molar-refractivity contribution in [2.75, 3.05) is 37.6 Å². The van der Waals surface area contributed by atoms with Crippen LogP contribution < -0.4 is 9.64 Å². The fourth-order valence-corrected chi connectivity index (χ4v) is 6.91. The van der Waals surface area contributed by atoms with E-state index < -0.39 is 46.9 Å². The van der Waals surface area contributed by atoms with Gasteiger partial charge < -0.3 is 14.4 Å². The van der Waals surface area contributed by atoms with Gasteiger partial charge >= 0.3 is 12.1 Å². The van der Waals surface area contributed by atoms with E-state index in [4.69, 9.17) is 35.4 Å². The van der Waals surface area contributed by atoms with E-state index in [-0.39, 0.29) is 46.9 Å². The van der Waals surface area contributed by atoms with Gasteiger partial charge in [0.25, 0.3) is 0 Å². The summed E-state index contributed by atoms with van der Waals surface area (Å²) in [4.78, 5) is 31.0. The number of amides is 1. The third-order valence-corrected chi connectivity index (χ3v) is 8.50. The van der Waals surface area contributed by atoms with Gasteiger partial charge in [0.05, 0.1) is 25.8 Å². The largest absolute Gasteiger partial charge is 0.461 e. The molecule has 39 heavy (non-hydrogen) atoms. The Bertz CT molecular complexity index is 1390. The molecule has 4 aliphatic rings. The van der Waals surface area contributed by atoms with E-state index >= 15 is 4.39 Å². The Kier molecular flexibility index (Phi) is 6.10. The summed E-state index contributed by atoms with van der Waals surface area (Å²) >= 11 is 12.5. The highest BCUT2D eigenvalue weighted by atomic mass is 35.5. The number of anilines is 1. The number of piperazine rings is 1. The van der Waals surface area contributed by atoms with Crippen LogP contribution in [-0.4, -0.2) is 93.0 Å². The van der Waals surface area contributed by atoms with Gasteiger partial charge in [-0.3, -0.25) is 9.80 Å². The monoisotopic (exact) mass is 586 g/mol. The summed E-state index contributed by atoms with van der Waals surface area (Å²) in [5.74, 6) is -0.744. The molecule has 2 aromatic rings. The van der Waals surface area contributed by atoms with E-state index in [0.29, 0.717) is 32.5 Å². The van der Waals surface area contributed by atoms with Crippen molar-refractivity contribution >= 4 is 46.0 Å². The number of fused-ring (bicyclic) bond motifs is 4. The summed E-state index contributed by atoms with van der Waals surface area (Å²) in [6, 6.07) is -0.807. The average molecular weight is 587 g/mol. The Balaban J connectivity index is 1.38. The molecule has 4 saturated heterocycles. The molecule has 4 aliphatic heterocycles. The molecular formula is C26H32Cl2F2N6O3. The number of carbonyl (C=O) groups is 1. The minimum atomic E-state index is -2.37. The summed E-state index contributed by atoms with van der Waals surface area (Å²) in [6.45, 7) is 4.44. The third kappa shape index (κ3) is 4.84. The molecule has 0 saturated carbocycles. The molecule has 212 valence electrons. The van der Waals surface area contributed by atoms with E-state index in [1.807, 2.05) is 25.7 Å². The van der Waals surface area contributed by atoms with Gasteiger partial charge in [-0.1, -0.05) is 23.2 Å². The van der Waals surface area contributed by atoms with E-state index in [1.54, 1.807) is 9.80 Å². The molecule has 6 heterocycles. The zero-order chi connectivity index (χ0) is 29.5. The van der Waals surface area contributed by atoms with Crippen LogP contribution in [0.25, 0.3) is 10.9 Å². The van der Waals surface area contributed by atoms with Gasteiger partial charge in [-0.25, -0.2) is 18.6 Å². The first-order valence-electron chi connectivity index (χ1n) is 14.3.